The van der Waals surface area contributed by atoms with Crippen LogP contribution in [0.3, 0.4) is 0 Å². The zero-order valence-electron chi connectivity index (χ0n) is 16.9. The van der Waals surface area contributed by atoms with Gasteiger partial charge in [-0.15, -0.1) is 0 Å². The van der Waals surface area contributed by atoms with Crippen LogP contribution in [0.4, 0.5) is 9.59 Å². The third kappa shape index (κ3) is 6.01. The summed E-state index contributed by atoms with van der Waals surface area (Å²) in [6, 6.07) is 24.8. The van der Waals surface area contributed by atoms with E-state index >= 15 is 0 Å². The lowest BCUT2D eigenvalue weighted by molar-refractivity contribution is 0.0890. The predicted molar refractivity (Wildman–Crippen MR) is 116 cm³/mol. The number of carbonyl (C=O) groups excluding carboxylic acids is 2. The summed E-state index contributed by atoms with van der Waals surface area (Å²) < 4.78 is 10.6. The number of carbonyl (C=O) groups is 2. The number of imide groups is 1. The molecule has 0 bridgehead atoms. The van der Waals surface area contributed by atoms with Crippen molar-refractivity contribution in [3.05, 3.63) is 107 Å². The number of nitrogens with one attached hydrogen (secondary N) is 1. The predicted octanol–water partition coefficient (Wildman–Crippen LogP) is 4.45. The van der Waals surface area contributed by atoms with Gasteiger partial charge in [-0.05, 0) is 16.7 Å². The summed E-state index contributed by atoms with van der Waals surface area (Å²) in [5.74, 6) is -0.348. The summed E-state index contributed by atoms with van der Waals surface area (Å²) in [7, 11) is 0. The van der Waals surface area contributed by atoms with Gasteiger partial charge >= 0.3 is 12.2 Å². The van der Waals surface area contributed by atoms with E-state index in [2.05, 4.69) is 0 Å². The Labute approximate surface area is 180 Å². The van der Waals surface area contributed by atoms with Gasteiger partial charge in [0.15, 0.2) is 0 Å². The van der Waals surface area contributed by atoms with Crippen molar-refractivity contribution in [3.63, 3.8) is 0 Å². The summed E-state index contributed by atoms with van der Waals surface area (Å²) >= 11 is 0. The molecule has 0 aliphatic rings. The number of amidine groups is 1. The molecule has 0 saturated carbocycles. The second-order valence-electron chi connectivity index (χ2n) is 6.67. The first-order chi connectivity index (χ1) is 15.1. The molecule has 31 heavy (non-hydrogen) atoms. The van der Waals surface area contributed by atoms with Crippen molar-refractivity contribution in [1.82, 2.24) is 4.90 Å². The fourth-order valence-corrected chi connectivity index (χ4v) is 2.75. The van der Waals surface area contributed by atoms with Crippen LogP contribution in [0.2, 0.25) is 0 Å². The molecule has 0 spiro atoms. The number of hydrogen-bond donors (Lipinski definition) is 2. The molecule has 7 heteroatoms. The van der Waals surface area contributed by atoms with Gasteiger partial charge in [-0.3, -0.25) is 5.41 Å². The fourth-order valence-electron chi connectivity index (χ4n) is 2.75. The highest BCUT2D eigenvalue weighted by atomic mass is 16.6. The molecule has 3 aromatic rings. The Hall–Kier alpha value is -3.97. The Morgan fingerprint density at radius 3 is 1.58 bits per heavy atom. The molecule has 0 saturated heterocycles. The molecule has 0 atom stereocenters. The number of amides is 2. The summed E-state index contributed by atoms with van der Waals surface area (Å²) in [5.41, 5.74) is 8.34. The SMILES string of the molecule is N=C(c1ccc(CN)cc1)N(C(=O)OCc1ccccc1)C(=O)OCc1ccccc1. The topological polar surface area (TPSA) is 106 Å². The van der Waals surface area contributed by atoms with Crippen molar-refractivity contribution >= 4 is 18.0 Å². The van der Waals surface area contributed by atoms with Crippen LogP contribution >= 0.6 is 0 Å². The smallest absolute Gasteiger partial charge is 0.425 e. The molecule has 0 radical (unpaired) electrons. The number of nitrogens with zero attached hydrogens (tertiary/aromatic N) is 1. The van der Waals surface area contributed by atoms with Crippen molar-refractivity contribution < 1.29 is 19.1 Å². The standard InChI is InChI=1S/C24H23N3O4/c25-15-18-11-13-21(14-12-18)22(26)27(23(28)30-16-19-7-3-1-4-8-19)24(29)31-17-20-9-5-2-6-10-20/h1-14,26H,15-17,25H2. The number of ether oxygens (including phenoxy) is 2. The zero-order chi connectivity index (χ0) is 22.1. The van der Waals surface area contributed by atoms with E-state index < -0.39 is 12.2 Å². The lowest BCUT2D eigenvalue weighted by Crippen LogP contribution is -2.42. The second kappa shape index (κ2) is 10.7. The molecule has 0 aromatic heterocycles. The van der Waals surface area contributed by atoms with Gasteiger partial charge in [0.25, 0.3) is 0 Å². The number of hydrogen-bond acceptors (Lipinski definition) is 6. The molecule has 3 N–H and O–H groups in total. The molecule has 7 nitrogen and oxygen atoms in total. The maximum Gasteiger partial charge on any atom is 0.425 e. The van der Waals surface area contributed by atoms with Gasteiger partial charge in [-0.1, -0.05) is 84.9 Å². The van der Waals surface area contributed by atoms with Gasteiger partial charge in [0.1, 0.15) is 19.0 Å². The Kier molecular flexibility index (Phi) is 7.50. The van der Waals surface area contributed by atoms with Crippen LogP contribution in [0.1, 0.15) is 22.3 Å². The maximum atomic E-state index is 12.7. The number of nitrogens with two attached hydrogens (primary N) is 1. The average Bonchev–Trinajstić information content (AvgIpc) is 2.83. The normalized spacial score (nSPS) is 10.2. The van der Waals surface area contributed by atoms with Gasteiger partial charge in [-0.25, -0.2) is 9.59 Å². The van der Waals surface area contributed by atoms with Crippen molar-refractivity contribution in [1.29, 1.82) is 5.41 Å². The van der Waals surface area contributed by atoms with E-state index in [0.29, 0.717) is 17.0 Å². The second-order valence-corrected chi connectivity index (χ2v) is 6.67. The Bertz CT molecular complexity index is 966. The quantitative estimate of drug-likeness (QED) is 0.455. The molecule has 0 aliphatic heterocycles. The van der Waals surface area contributed by atoms with Crippen molar-refractivity contribution in [2.45, 2.75) is 19.8 Å². The molecule has 3 aromatic carbocycles. The third-order valence-corrected chi connectivity index (χ3v) is 4.46. The van der Waals surface area contributed by atoms with E-state index in [0.717, 1.165) is 16.7 Å². The third-order valence-electron chi connectivity index (χ3n) is 4.46. The highest BCUT2D eigenvalue weighted by Crippen LogP contribution is 2.13. The molecule has 0 heterocycles. The fraction of sp³-hybridized carbons (Fsp3) is 0.125. The van der Waals surface area contributed by atoms with E-state index in [9.17, 15) is 9.59 Å². The summed E-state index contributed by atoms with van der Waals surface area (Å²) in [4.78, 5) is 26.1. The molecular formula is C24H23N3O4. The summed E-state index contributed by atoms with van der Waals surface area (Å²) in [6.45, 7) is 0.263. The Balaban J connectivity index is 1.76. The molecule has 158 valence electrons. The molecule has 0 unspecified atom stereocenters. The average molecular weight is 417 g/mol. The van der Waals surface area contributed by atoms with E-state index in [1.54, 1.807) is 48.5 Å². The Morgan fingerprint density at radius 1 is 0.710 bits per heavy atom. The van der Waals surface area contributed by atoms with E-state index in [-0.39, 0.29) is 19.0 Å². The minimum Gasteiger partial charge on any atom is -0.444 e. The molecule has 0 aliphatic carbocycles. The Morgan fingerprint density at radius 2 is 1.16 bits per heavy atom. The van der Waals surface area contributed by atoms with Gasteiger partial charge in [0.05, 0.1) is 0 Å². The van der Waals surface area contributed by atoms with Crippen LogP contribution in [0.15, 0.2) is 84.9 Å². The van der Waals surface area contributed by atoms with E-state index in [4.69, 9.17) is 20.6 Å². The first-order valence-electron chi connectivity index (χ1n) is 9.68. The van der Waals surface area contributed by atoms with E-state index in [1.807, 2.05) is 36.4 Å². The molecular weight excluding hydrogens is 394 g/mol. The molecule has 2 amide bonds. The number of rotatable bonds is 6. The highest BCUT2D eigenvalue weighted by molar-refractivity contribution is 6.14. The molecule has 3 rings (SSSR count). The van der Waals surface area contributed by atoms with Gasteiger partial charge in [0.2, 0.25) is 0 Å². The minimum absolute atomic E-state index is 0.0401. The van der Waals surface area contributed by atoms with Crippen LogP contribution in [-0.2, 0) is 29.2 Å². The first kappa shape index (κ1) is 21.7. The van der Waals surface area contributed by atoms with Crippen LogP contribution in [0, 0.1) is 5.41 Å². The number of benzene rings is 3. The van der Waals surface area contributed by atoms with Crippen LogP contribution < -0.4 is 5.73 Å². The monoisotopic (exact) mass is 417 g/mol. The summed E-state index contributed by atoms with van der Waals surface area (Å²) in [6.07, 6.45) is -1.98. The lowest BCUT2D eigenvalue weighted by Gasteiger charge is -2.21. The highest BCUT2D eigenvalue weighted by Gasteiger charge is 2.30. The van der Waals surface area contributed by atoms with Gasteiger partial charge in [-0.2, -0.15) is 4.90 Å². The van der Waals surface area contributed by atoms with Crippen LogP contribution in [0.5, 0.6) is 0 Å². The lowest BCUT2D eigenvalue weighted by atomic mass is 10.1. The van der Waals surface area contributed by atoms with Crippen LogP contribution in [-0.4, -0.2) is 22.9 Å². The minimum atomic E-state index is -0.991. The first-order valence-corrected chi connectivity index (χ1v) is 9.68. The summed E-state index contributed by atoms with van der Waals surface area (Å²) in [5, 5.41) is 8.43. The largest absolute Gasteiger partial charge is 0.444 e. The zero-order valence-corrected chi connectivity index (χ0v) is 16.9. The van der Waals surface area contributed by atoms with Crippen LogP contribution in [0.25, 0.3) is 0 Å². The van der Waals surface area contributed by atoms with Crippen molar-refractivity contribution in [3.8, 4) is 0 Å². The molecule has 0 fully saturated rings. The van der Waals surface area contributed by atoms with E-state index in [1.165, 1.54) is 0 Å². The van der Waals surface area contributed by atoms with Gasteiger partial charge < -0.3 is 15.2 Å². The van der Waals surface area contributed by atoms with Crippen molar-refractivity contribution in [2.75, 3.05) is 0 Å². The van der Waals surface area contributed by atoms with Crippen molar-refractivity contribution in [2.24, 2.45) is 5.73 Å². The van der Waals surface area contributed by atoms with Gasteiger partial charge in [0, 0.05) is 12.1 Å². The maximum absolute atomic E-state index is 12.7.